The molecule has 1 N–H and O–H groups in total. The molecule has 0 unspecified atom stereocenters. The third-order valence-corrected chi connectivity index (χ3v) is 7.75. The lowest BCUT2D eigenvalue weighted by Gasteiger charge is -2.34. The maximum atomic E-state index is 13.0. The van der Waals surface area contributed by atoms with E-state index in [0.29, 0.717) is 50.6 Å². The minimum Gasteiger partial charge on any atom is -0.491 e. The van der Waals surface area contributed by atoms with Crippen molar-refractivity contribution in [3.63, 3.8) is 0 Å². The molecule has 1 aliphatic heterocycles. The van der Waals surface area contributed by atoms with Crippen molar-refractivity contribution in [2.24, 2.45) is 0 Å². The monoisotopic (exact) mass is 471 g/mol. The fourth-order valence-electron chi connectivity index (χ4n) is 4.16. The first-order valence-corrected chi connectivity index (χ1v) is 12.5. The molecular formula is C24H29N3O5S. The maximum absolute atomic E-state index is 13.0. The van der Waals surface area contributed by atoms with Gasteiger partial charge in [-0.1, -0.05) is 18.2 Å². The largest absolute Gasteiger partial charge is 0.491 e. The Bertz CT molecular complexity index is 1230. The number of fused-ring (bicyclic) bond motifs is 1. The highest BCUT2D eigenvalue weighted by molar-refractivity contribution is 7.89. The quantitative estimate of drug-likeness (QED) is 0.543. The Morgan fingerprint density at radius 1 is 1.00 bits per heavy atom. The lowest BCUT2D eigenvalue weighted by Crippen LogP contribution is -2.49. The summed E-state index contributed by atoms with van der Waals surface area (Å²) in [5.74, 6) is -0.287. The Morgan fingerprint density at radius 3 is 2.30 bits per heavy atom. The molecule has 0 aliphatic carbocycles. The molecule has 0 radical (unpaired) electrons. The molecule has 0 bridgehead atoms. The van der Waals surface area contributed by atoms with Gasteiger partial charge in [0.25, 0.3) is 0 Å². The summed E-state index contributed by atoms with van der Waals surface area (Å²) in [4.78, 5) is 14.0. The molecule has 1 aromatic heterocycles. The van der Waals surface area contributed by atoms with E-state index >= 15 is 0 Å². The zero-order valence-electron chi connectivity index (χ0n) is 18.8. The van der Waals surface area contributed by atoms with Crippen LogP contribution in [-0.4, -0.2) is 72.1 Å². The van der Waals surface area contributed by atoms with Crippen LogP contribution < -0.4 is 4.74 Å². The number of carbonyl (C=O) groups is 1. The maximum Gasteiger partial charge on any atom is 0.337 e. The van der Waals surface area contributed by atoms with Crippen molar-refractivity contribution in [2.45, 2.75) is 31.4 Å². The Morgan fingerprint density at radius 2 is 1.67 bits per heavy atom. The van der Waals surface area contributed by atoms with Gasteiger partial charge in [-0.3, -0.25) is 4.90 Å². The summed E-state index contributed by atoms with van der Waals surface area (Å²) in [5, 5.41) is 10.2. The van der Waals surface area contributed by atoms with Gasteiger partial charge in [0.2, 0.25) is 10.0 Å². The van der Waals surface area contributed by atoms with Crippen LogP contribution in [0.25, 0.3) is 10.9 Å². The van der Waals surface area contributed by atoms with Crippen molar-refractivity contribution < 1.29 is 23.1 Å². The first-order valence-electron chi connectivity index (χ1n) is 11.1. The number of rotatable bonds is 8. The van der Waals surface area contributed by atoms with Crippen LogP contribution in [0, 0.1) is 0 Å². The van der Waals surface area contributed by atoms with Gasteiger partial charge in [-0.05, 0) is 44.2 Å². The number of aromatic nitrogens is 1. The van der Waals surface area contributed by atoms with Crippen LogP contribution in [-0.2, 0) is 16.6 Å². The van der Waals surface area contributed by atoms with Gasteiger partial charge in [0, 0.05) is 56.4 Å². The van der Waals surface area contributed by atoms with Gasteiger partial charge in [0.05, 0.1) is 16.6 Å². The number of hydrogen-bond donors (Lipinski definition) is 1. The molecule has 2 aromatic carbocycles. The van der Waals surface area contributed by atoms with Gasteiger partial charge in [0.1, 0.15) is 5.75 Å². The van der Waals surface area contributed by atoms with E-state index in [1.54, 1.807) is 30.5 Å². The first kappa shape index (κ1) is 23.3. The first-order chi connectivity index (χ1) is 15.8. The summed E-state index contributed by atoms with van der Waals surface area (Å²) in [6.07, 6.45) is 1.71. The summed E-state index contributed by atoms with van der Waals surface area (Å²) in [6.45, 7) is 7.28. The van der Waals surface area contributed by atoms with Crippen LogP contribution in [0.5, 0.6) is 5.75 Å². The lowest BCUT2D eigenvalue weighted by molar-refractivity contribution is 0.0698. The van der Waals surface area contributed by atoms with E-state index in [1.807, 2.05) is 42.7 Å². The molecule has 9 heteroatoms. The molecule has 176 valence electrons. The van der Waals surface area contributed by atoms with E-state index in [1.165, 1.54) is 4.31 Å². The lowest BCUT2D eigenvalue weighted by atomic mass is 10.2. The standard InChI is InChI=1S/C24H29N3O5S/c1-18(2)32-19-7-9-20(10-8-19)33(30,31)27-15-12-25(13-16-27)11-14-26-17-22(24(28)29)21-5-3-4-6-23(21)26/h3-10,17-18H,11-16H2,1-2H3,(H,28,29). The van der Waals surface area contributed by atoms with Gasteiger partial charge < -0.3 is 14.4 Å². The molecule has 2 heterocycles. The number of benzene rings is 2. The number of aromatic carboxylic acids is 1. The predicted molar refractivity (Wildman–Crippen MR) is 126 cm³/mol. The van der Waals surface area contributed by atoms with E-state index in [9.17, 15) is 18.3 Å². The summed E-state index contributed by atoms with van der Waals surface area (Å²) in [5.41, 5.74) is 1.19. The highest BCUT2D eigenvalue weighted by Crippen LogP contribution is 2.23. The van der Waals surface area contributed by atoms with Crippen molar-refractivity contribution in [1.82, 2.24) is 13.8 Å². The molecule has 8 nitrogen and oxygen atoms in total. The molecule has 0 saturated carbocycles. The Kier molecular flexibility index (Phi) is 6.73. The zero-order valence-corrected chi connectivity index (χ0v) is 19.7. The Labute approximate surface area is 194 Å². The van der Waals surface area contributed by atoms with Crippen LogP contribution in [0.1, 0.15) is 24.2 Å². The topological polar surface area (TPSA) is 92.1 Å². The normalized spacial score (nSPS) is 15.8. The van der Waals surface area contributed by atoms with Gasteiger partial charge >= 0.3 is 5.97 Å². The third-order valence-electron chi connectivity index (χ3n) is 5.84. The average molecular weight is 472 g/mol. The van der Waals surface area contributed by atoms with E-state index in [2.05, 4.69) is 4.90 Å². The number of para-hydroxylation sites is 1. The molecule has 1 saturated heterocycles. The van der Waals surface area contributed by atoms with E-state index in [-0.39, 0.29) is 11.0 Å². The molecule has 0 amide bonds. The van der Waals surface area contributed by atoms with Crippen molar-refractivity contribution in [3.05, 3.63) is 60.3 Å². The number of hydrogen-bond acceptors (Lipinski definition) is 5. The van der Waals surface area contributed by atoms with Crippen molar-refractivity contribution >= 4 is 26.9 Å². The fraction of sp³-hybridized carbons (Fsp3) is 0.375. The smallest absolute Gasteiger partial charge is 0.337 e. The molecule has 0 spiro atoms. The number of carboxylic acids is 1. The molecule has 1 aliphatic rings. The number of piperazine rings is 1. The fourth-order valence-corrected chi connectivity index (χ4v) is 5.58. The van der Waals surface area contributed by atoms with Gasteiger partial charge in [-0.2, -0.15) is 4.31 Å². The zero-order chi connectivity index (χ0) is 23.6. The molecular weight excluding hydrogens is 442 g/mol. The summed E-state index contributed by atoms with van der Waals surface area (Å²) < 4.78 is 35.1. The molecule has 4 rings (SSSR count). The highest BCUT2D eigenvalue weighted by Gasteiger charge is 2.28. The van der Waals surface area contributed by atoms with Gasteiger partial charge in [-0.15, -0.1) is 0 Å². The Balaban J connectivity index is 1.36. The minimum atomic E-state index is -3.55. The van der Waals surface area contributed by atoms with Crippen molar-refractivity contribution in [1.29, 1.82) is 0 Å². The molecule has 0 atom stereocenters. The van der Waals surface area contributed by atoms with E-state index in [4.69, 9.17) is 4.74 Å². The highest BCUT2D eigenvalue weighted by atomic mass is 32.2. The second kappa shape index (κ2) is 9.54. The van der Waals surface area contributed by atoms with E-state index < -0.39 is 16.0 Å². The van der Waals surface area contributed by atoms with Crippen LogP contribution in [0.4, 0.5) is 0 Å². The minimum absolute atomic E-state index is 0.0285. The number of carboxylic acid groups (broad SMARTS) is 1. The SMILES string of the molecule is CC(C)Oc1ccc(S(=O)(=O)N2CCN(CCn3cc(C(=O)O)c4ccccc43)CC2)cc1. The van der Waals surface area contributed by atoms with Crippen LogP contribution in [0.15, 0.2) is 59.6 Å². The second-order valence-corrected chi connectivity index (χ2v) is 10.4. The van der Waals surface area contributed by atoms with Gasteiger partial charge in [0.15, 0.2) is 0 Å². The van der Waals surface area contributed by atoms with Crippen molar-refractivity contribution in [3.8, 4) is 5.75 Å². The predicted octanol–water partition coefficient (Wildman–Crippen LogP) is 3.13. The van der Waals surface area contributed by atoms with Crippen LogP contribution >= 0.6 is 0 Å². The summed E-state index contributed by atoms with van der Waals surface area (Å²) in [6, 6.07) is 14.0. The molecule has 1 fully saturated rings. The number of ether oxygens (including phenoxy) is 1. The van der Waals surface area contributed by atoms with Crippen LogP contribution in [0.2, 0.25) is 0 Å². The second-order valence-electron chi connectivity index (χ2n) is 8.44. The Hall–Kier alpha value is -2.88. The third kappa shape index (κ3) is 5.05. The van der Waals surface area contributed by atoms with E-state index in [0.717, 1.165) is 10.9 Å². The summed E-state index contributed by atoms with van der Waals surface area (Å²) in [7, 11) is -3.55. The number of nitrogens with zero attached hydrogens (tertiary/aromatic N) is 3. The summed E-state index contributed by atoms with van der Waals surface area (Å²) >= 11 is 0. The molecule has 33 heavy (non-hydrogen) atoms. The average Bonchev–Trinajstić information content (AvgIpc) is 3.17. The molecule has 3 aromatic rings. The van der Waals surface area contributed by atoms with Crippen LogP contribution in [0.3, 0.4) is 0 Å². The van der Waals surface area contributed by atoms with Crippen molar-refractivity contribution in [2.75, 3.05) is 32.7 Å². The van der Waals surface area contributed by atoms with Gasteiger partial charge in [-0.25, -0.2) is 13.2 Å². The number of sulfonamides is 1.